The van der Waals surface area contributed by atoms with Crippen molar-refractivity contribution in [2.75, 3.05) is 24.9 Å². The van der Waals surface area contributed by atoms with Gasteiger partial charge in [0.2, 0.25) is 0 Å². The summed E-state index contributed by atoms with van der Waals surface area (Å²) >= 11 is 11.7. The topological polar surface area (TPSA) is 75.4 Å². The first kappa shape index (κ1) is 15.5. The molecule has 3 N–H and O–H groups in total. The molecule has 8 heteroatoms. The van der Waals surface area contributed by atoms with Crippen LogP contribution in [0.2, 0.25) is 10.0 Å². The summed E-state index contributed by atoms with van der Waals surface area (Å²) in [5.74, 6) is 0. The lowest BCUT2D eigenvalue weighted by Crippen LogP contribution is -2.34. The maximum absolute atomic E-state index is 11.9. The minimum absolute atomic E-state index is 0.176. The molecule has 102 valence electrons. The number of nitrogens with zero attached hydrogens (tertiary/aromatic N) is 1. The number of rotatable bonds is 6. The lowest BCUT2D eigenvalue weighted by Gasteiger charge is -2.18. The molecule has 0 fully saturated rings. The standard InChI is InChI=1S/C10H15Cl2N3O2S/c1-15(7-3-6-13)18(16,17)14-9-5-2-4-8(11)10(9)12/h2,4-5,14H,3,6-7,13H2,1H3. The van der Waals surface area contributed by atoms with E-state index in [4.69, 9.17) is 28.9 Å². The predicted molar refractivity (Wildman–Crippen MR) is 75.3 cm³/mol. The summed E-state index contributed by atoms with van der Waals surface area (Å²) in [7, 11) is -2.17. The van der Waals surface area contributed by atoms with Crippen LogP contribution in [-0.4, -0.2) is 32.9 Å². The van der Waals surface area contributed by atoms with Gasteiger partial charge >= 0.3 is 10.2 Å². The first-order chi connectivity index (χ1) is 8.38. The van der Waals surface area contributed by atoms with Crippen molar-refractivity contribution in [3.05, 3.63) is 28.2 Å². The maximum Gasteiger partial charge on any atom is 0.301 e. The fourth-order valence-corrected chi connectivity index (χ4v) is 2.61. The average Bonchev–Trinajstić information content (AvgIpc) is 2.31. The summed E-state index contributed by atoms with van der Waals surface area (Å²) in [6, 6.07) is 4.74. The van der Waals surface area contributed by atoms with Crippen LogP contribution in [0.15, 0.2) is 18.2 Å². The smallest absolute Gasteiger partial charge is 0.301 e. The second-order valence-corrected chi connectivity index (χ2v) is 6.24. The quantitative estimate of drug-likeness (QED) is 0.843. The molecule has 0 spiro atoms. The number of hydrogen-bond acceptors (Lipinski definition) is 3. The van der Waals surface area contributed by atoms with Crippen molar-refractivity contribution < 1.29 is 8.42 Å². The Morgan fingerprint density at radius 1 is 1.39 bits per heavy atom. The molecule has 0 radical (unpaired) electrons. The Morgan fingerprint density at radius 2 is 2.06 bits per heavy atom. The van der Waals surface area contributed by atoms with Gasteiger partial charge in [-0.05, 0) is 25.1 Å². The molecule has 0 aliphatic rings. The zero-order valence-corrected chi connectivity index (χ0v) is 12.2. The van der Waals surface area contributed by atoms with Crippen LogP contribution in [0.3, 0.4) is 0 Å². The maximum atomic E-state index is 11.9. The van der Waals surface area contributed by atoms with Gasteiger partial charge in [0.25, 0.3) is 0 Å². The van der Waals surface area contributed by atoms with Gasteiger partial charge in [0.1, 0.15) is 0 Å². The highest BCUT2D eigenvalue weighted by atomic mass is 35.5. The van der Waals surface area contributed by atoms with Crippen molar-refractivity contribution in [1.82, 2.24) is 4.31 Å². The fraction of sp³-hybridized carbons (Fsp3) is 0.400. The van der Waals surface area contributed by atoms with Crippen molar-refractivity contribution in [1.29, 1.82) is 0 Å². The van der Waals surface area contributed by atoms with E-state index in [0.29, 0.717) is 24.5 Å². The first-order valence-electron chi connectivity index (χ1n) is 5.26. The third-order valence-electron chi connectivity index (χ3n) is 2.28. The molecule has 0 aliphatic carbocycles. The van der Waals surface area contributed by atoms with E-state index in [1.165, 1.54) is 11.4 Å². The summed E-state index contributed by atoms with van der Waals surface area (Å²) in [6.07, 6.45) is 0.584. The molecule has 0 aliphatic heterocycles. The third kappa shape index (κ3) is 4.00. The van der Waals surface area contributed by atoms with E-state index in [1.807, 2.05) is 0 Å². The van der Waals surface area contributed by atoms with Crippen LogP contribution in [0.1, 0.15) is 6.42 Å². The van der Waals surface area contributed by atoms with Crippen LogP contribution in [0.4, 0.5) is 5.69 Å². The first-order valence-corrected chi connectivity index (χ1v) is 7.46. The summed E-state index contributed by atoms with van der Waals surface area (Å²) in [6.45, 7) is 0.766. The lowest BCUT2D eigenvalue weighted by atomic mass is 10.3. The van der Waals surface area contributed by atoms with Crippen molar-refractivity contribution in [3.63, 3.8) is 0 Å². The van der Waals surface area contributed by atoms with E-state index in [2.05, 4.69) is 4.72 Å². The van der Waals surface area contributed by atoms with E-state index in [0.717, 1.165) is 0 Å². The fourth-order valence-electron chi connectivity index (χ4n) is 1.23. The minimum Gasteiger partial charge on any atom is -0.330 e. The number of hydrogen-bond donors (Lipinski definition) is 2. The van der Waals surface area contributed by atoms with Crippen molar-refractivity contribution >= 4 is 39.1 Å². The highest BCUT2D eigenvalue weighted by Crippen LogP contribution is 2.30. The monoisotopic (exact) mass is 311 g/mol. The van der Waals surface area contributed by atoms with Crippen LogP contribution in [0.5, 0.6) is 0 Å². The molecule has 1 aromatic rings. The van der Waals surface area contributed by atoms with Gasteiger partial charge in [0.15, 0.2) is 0 Å². The normalized spacial score (nSPS) is 11.8. The van der Waals surface area contributed by atoms with Crippen molar-refractivity contribution in [2.45, 2.75) is 6.42 Å². The summed E-state index contributed by atoms with van der Waals surface area (Å²) < 4.78 is 27.4. The van der Waals surface area contributed by atoms with Crippen molar-refractivity contribution in [3.8, 4) is 0 Å². The van der Waals surface area contributed by atoms with Gasteiger partial charge in [-0.1, -0.05) is 29.3 Å². The Balaban J connectivity index is 2.85. The molecule has 0 saturated carbocycles. The van der Waals surface area contributed by atoms with Gasteiger partial charge in [-0.15, -0.1) is 0 Å². The van der Waals surface area contributed by atoms with E-state index in [1.54, 1.807) is 18.2 Å². The highest BCUT2D eigenvalue weighted by molar-refractivity contribution is 7.90. The zero-order chi connectivity index (χ0) is 13.8. The molecule has 0 unspecified atom stereocenters. The average molecular weight is 312 g/mol. The molecular formula is C10H15Cl2N3O2S. The van der Waals surface area contributed by atoms with Gasteiger partial charge in [0, 0.05) is 13.6 Å². The molecule has 18 heavy (non-hydrogen) atoms. The van der Waals surface area contributed by atoms with Gasteiger partial charge < -0.3 is 5.73 Å². The van der Waals surface area contributed by atoms with Gasteiger partial charge in [0.05, 0.1) is 15.7 Å². The predicted octanol–water partition coefficient (Wildman–Crippen LogP) is 1.93. The molecule has 1 aromatic carbocycles. The number of halogens is 2. The number of nitrogens with one attached hydrogen (secondary N) is 1. The molecule has 0 heterocycles. The van der Waals surface area contributed by atoms with Gasteiger partial charge in [-0.2, -0.15) is 12.7 Å². The Hall–Kier alpha value is -0.530. The van der Waals surface area contributed by atoms with Crippen LogP contribution in [0, 0.1) is 0 Å². The molecule has 1 rings (SSSR count). The zero-order valence-electron chi connectivity index (χ0n) is 9.86. The Bertz CT molecular complexity index is 508. The van der Waals surface area contributed by atoms with E-state index >= 15 is 0 Å². The molecule has 0 amide bonds. The Morgan fingerprint density at radius 3 is 2.67 bits per heavy atom. The number of anilines is 1. The van der Waals surface area contributed by atoms with E-state index in [9.17, 15) is 8.42 Å². The number of nitrogens with two attached hydrogens (primary N) is 1. The molecule has 0 aromatic heterocycles. The Kier molecular flexibility index (Phi) is 5.68. The second kappa shape index (κ2) is 6.58. The summed E-state index contributed by atoms with van der Waals surface area (Å²) in [4.78, 5) is 0. The number of benzene rings is 1. The van der Waals surface area contributed by atoms with Crippen LogP contribution >= 0.6 is 23.2 Å². The van der Waals surface area contributed by atoms with Crippen LogP contribution in [0.25, 0.3) is 0 Å². The molecule has 0 saturated heterocycles. The summed E-state index contributed by atoms with van der Waals surface area (Å²) in [5.41, 5.74) is 5.59. The highest BCUT2D eigenvalue weighted by Gasteiger charge is 2.18. The minimum atomic E-state index is -3.64. The SMILES string of the molecule is CN(CCCN)S(=O)(=O)Nc1cccc(Cl)c1Cl. The lowest BCUT2D eigenvalue weighted by molar-refractivity contribution is 0.468. The Labute approximate surface area is 117 Å². The van der Waals surface area contributed by atoms with E-state index < -0.39 is 10.2 Å². The van der Waals surface area contributed by atoms with Gasteiger partial charge in [-0.3, -0.25) is 4.72 Å². The molecule has 0 bridgehead atoms. The van der Waals surface area contributed by atoms with Crippen molar-refractivity contribution in [2.24, 2.45) is 5.73 Å². The second-order valence-electron chi connectivity index (χ2n) is 3.67. The summed E-state index contributed by atoms with van der Waals surface area (Å²) in [5, 5.41) is 0.469. The third-order valence-corrected chi connectivity index (χ3v) is 4.58. The van der Waals surface area contributed by atoms with Crippen LogP contribution in [-0.2, 0) is 10.2 Å². The van der Waals surface area contributed by atoms with Crippen LogP contribution < -0.4 is 10.5 Å². The largest absolute Gasteiger partial charge is 0.330 e. The molecular weight excluding hydrogens is 297 g/mol. The molecule has 0 atom stereocenters. The van der Waals surface area contributed by atoms with Gasteiger partial charge in [-0.25, -0.2) is 0 Å². The molecule has 5 nitrogen and oxygen atoms in total. The van der Waals surface area contributed by atoms with E-state index in [-0.39, 0.29) is 10.7 Å².